The Hall–Kier alpha value is -5.88. The summed E-state index contributed by atoms with van der Waals surface area (Å²) in [6, 6.07) is 32.5. The molecule has 6 nitrogen and oxygen atoms in total. The predicted octanol–water partition coefficient (Wildman–Crippen LogP) is 11.6. The summed E-state index contributed by atoms with van der Waals surface area (Å²) in [6.07, 6.45) is 16.3. The zero-order valence-corrected chi connectivity index (χ0v) is 32.1. The van der Waals surface area contributed by atoms with Crippen molar-refractivity contribution in [2.45, 2.75) is 57.8 Å². The second kappa shape index (κ2) is 12.1. The first-order chi connectivity index (χ1) is 26.5. The fourth-order valence-corrected chi connectivity index (χ4v) is 9.64. The topological polar surface area (TPSA) is 77.8 Å². The molecule has 2 heterocycles. The van der Waals surface area contributed by atoms with Crippen LogP contribution in [-0.2, 0) is 16.2 Å². The fraction of sp³-hybridized carbons (Fsp3) is 0.265. The van der Waals surface area contributed by atoms with E-state index in [1.165, 1.54) is 33.4 Å². The molecular formula is C49H44N4O2. The van der Waals surface area contributed by atoms with Crippen LogP contribution in [0.3, 0.4) is 0 Å². The molecular weight excluding hydrogens is 677 g/mol. The summed E-state index contributed by atoms with van der Waals surface area (Å²) >= 11 is 0. The highest BCUT2D eigenvalue weighted by molar-refractivity contribution is 5.85. The van der Waals surface area contributed by atoms with Crippen molar-refractivity contribution < 1.29 is 8.83 Å². The largest absolute Gasteiger partial charge is 0.416 e. The first-order valence-electron chi connectivity index (χ1n) is 19.4. The van der Waals surface area contributed by atoms with Crippen LogP contribution in [0, 0.1) is 23.7 Å². The molecule has 0 aliphatic heterocycles. The number of hydrogen-bond donors (Lipinski definition) is 0. The lowest BCUT2D eigenvalue weighted by Gasteiger charge is -2.39. The number of aromatic nitrogens is 4. The zero-order chi connectivity index (χ0) is 37.7. The van der Waals surface area contributed by atoms with Crippen molar-refractivity contribution >= 4 is 5.57 Å². The molecule has 0 radical (unpaired) electrons. The third-order valence-corrected chi connectivity index (χ3v) is 12.4. The van der Waals surface area contributed by atoms with Gasteiger partial charge in [-0.15, -0.1) is 20.4 Å². The van der Waals surface area contributed by atoms with Crippen LogP contribution >= 0.6 is 0 Å². The molecule has 1 fully saturated rings. The second-order valence-corrected chi connectivity index (χ2v) is 17.6. The van der Waals surface area contributed by atoms with Crippen LogP contribution < -0.4 is 0 Å². The van der Waals surface area contributed by atoms with Gasteiger partial charge in [-0.05, 0) is 104 Å². The Kier molecular flexibility index (Phi) is 7.38. The minimum Gasteiger partial charge on any atom is -0.416 e. The van der Waals surface area contributed by atoms with Crippen molar-refractivity contribution in [2.75, 3.05) is 0 Å². The third-order valence-electron chi connectivity index (χ3n) is 12.4. The van der Waals surface area contributed by atoms with E-state index in [0.29, 0.717) is 29.5 Å². The van der Waals surface area contributed by atoms with Crippen LogP contribution in [0.15, 0.2) is 142 Å². The maximum Gasteiger partial charge on any atom is 0.248 e. The summed E-state index contributed by atoms with van der Waals surface area (Å²) in [4.78, 5) is 0. The molecule has 10 rings (SSSR count). The molecule has 5 unspecified atom stereocenters. The molecule has 0 saturated heterocycles. The molecule has 55 heavy (non-hydrogen) atoms. The average Bonchev–Trinajstić information content (AvgIpc) is 3.99. The number of rotatable bonds is 4. The van der Waals surface area contributed by atoms with E-state index >= 15 is 0 Å². The van der Waals surface area contributed by atoms with E-state index in [1.54, 1.807) is 0 Å². The van der Waals surface area contributed by atoms with Crippen molar-refractivity contribution in [2.24, 2.45) is 23.7 Å². The summed E-state index contributed by atoms with van der Waals surface area (Å²) in [6.45, 7) is 13.3. The standard InChI is InChI=1S/C49H44N4O2/c1-47(2,3)33-21-15-29(16-22-33)43-50-52-45(54-43)31-19-25-37-35-11-7-9-13-39(35)49(41(37)27-31)40-14-10-8-12-36(40)38-26-20-32(28-42(38)49)46-53-51-44(55-46)30-17-23-34(24-18-30)48(4,5)6/h7-28,35,37,39,41H,1-6H3. The van der Waals surface area contributed by atoms with Gasteiger partial charge in [0, 0.05) is 27.7 Å². The number of benzene rings is 4. The van der Waals surface area contributed by atoms with Crippen LogP contribution in [-0.4, -0.2) is 20.4 Å². The quantitative estimate of drug-likeness (QED) is 0.180. The van der Waals surface area contributed by atoms with Crippen LogP contribution in [0.5, 0.6) is 0 Å². The summed E-state index contributed by atoms with van der Waals surface area (Å²) in [5.41, 5.74) is 11.2. The Morgan fingerprint density at radius 2 is 1.04 bits per heavy atom. The molecule has 0 amide bonds. The molecule has 1 spiro atoms. The molecule has 0 bridgehead atoms. The minimum absolute atomic E-state index is 0.0648. The van der Waals surface area contributed by atoms with Crippen molar-refractivity contribution in [3.63, 3.8) is 0 Å². The highest BCUT2D eigenvalue weighted by Gasteiger charge is 2.62. The van der Waals surface area contributed by atoms with Crippen LogP contribution in [0.2, 0.25) is 0 Å². The van der Waals surface area contributed by atoms with Gasteiger partial charge in [0.05, 0.1) is 0 Å². The first kappa shape index (κ1) is 33.7. The molecule has 6 aromatic rings. The highest BCUT2D eigenvalue weighted by Crippen LogP contribution is 2.68. The summed E-state index contributed by atoms with van der Waals surface area (Å²) in [5, 5.41) is 18.2. The molecule has 0 N–H and O–H groups in total. The van der Waals surface area contributed by atoms with Crippen LogP contribution in [0.1, 0.15) is 69.7 Å². The average molecular weight is 721 g/mol. The van der Waals surface area contributed by atoms with E-state index in [-0.39, 0.29) is 34.0 Å². The summed E-state index contributed by atoms with van der Waals surface area (Å²) < 4.78 is 12.9. The van der Waals surface area contributed by atoms with Gasteiger partial charge in [-0.3, -0.25) is 0 Å². The van der Waals surface area contributed by atoms with Crippen molar-refractivity contribution in [3.05, 3.63) is 162 Å². The van der Waals surface area contributed by atoms with Gasteiger partial charge in [-0.1, -0.05) is 139 Å². The first-order valence-corrected chi connectivity index (χ1v) is 19.4. The van der Waals surface area contributed by atoms with Gasteiger partial charge >= 0.3 is 0 Å². The van der Waals surface area contributed by atoms with E-state index in [1.807, 2.05) is 0 Å². The van der Waals surface area contributed by atoms with Crippen molar-refractivity contribution in [3.8, 4) is 45.5 Å². The molecule has 4 aliphatic carbocycles. The molecule has 272 valence electrons. The summed E-state index contributed by atoms with van der Waals surface area (Å²) in [5.74, 6) is 3.03. The van der Waals surface area contributed by atoms with Gasteiger partial charge in [0.15, 0.2) is 0 Å². The van der Waals surface area contributed by atoms with E-state index in [2.05, 4.69) is 195 Å². The SMILES string of the molecule is CC(C)(C)c1ccc(-c2nnc(C3=CC4C(C=C3)C3C=CC=CC3C43c4ccccc4-c4ccc(-c5nnc(-c6ccc(C(C)(C)C)cc6)o5)cc43)o2)cc1. The fourth-order valence-electron chi connectivity index (χ4n) is 9.64. The van der Waals surface area contributed by atoms with E-state index < -0.39 is 0 Å². The Balaban J connectivity index is 1.07. The maximum atomic E-state index is 6.43. The van der Waals surface area contributed by atoms with Gasteiger partial charge in [0.2, 0.25) is 23.6 Å². The Bertz CT molecular complexity index is 2590. The molecule has 2 aromatic heterocycles. The maximum absolute atomic E-state index is 6.43. The van der Waals surface area contributed by atoms with Crippen LogP contribution in [0.4, 0.5) is 0 Å². The predicted molar refractivity (Wildman–Crippen MR) is 218 cm³/mol. The van der Waals surface area contributed by atoms with Crippen LogP contribution in [0.25, 0.3) is 51.1 Å². The van der Waals surface area contributed by atoms with Gasteiger partial charge in [0.1, 0.15) is 0 Å². The third kappa shape index (κ3) is 5.21. The highest BCUT2D eigenvalue weighted by atomic mass is 16.4. The Labute approximate surface area is 322 Å². The smallest absolute Gasteiger partial charge is 0.248 e. The molecule has 5 atom stereocenters. The lowest BCUT2D eigenvalue weighted by Crippen LogP contribution is -2.37. The van der Waals surface area contributed by atoms with E-state index in [9.17, 15) is 0 Å². The Morgan fingerprint density at radius 1 is 0.509 bits per heavy atom. The van der Waals surface area contributed by atoms with E-state index in [0.717, 1.165) is 22.3 Å². The zero-order valence-electron chi connectivity index (χ0n) is 32.1. The van der Waals surface area contributed by atoms with Crippen molar-refractivity contribution in [1.29, 1.82) is 0 Å². The van der Waals surface area contributed by atoms with Gasteiger partial charge in [-0.2, -0.15) is 0 Å². The second-order valence-electron chi connectivity index (χ2n) is 17.6. The molecule has 4 aromatic carbocycles. The Morgan fingerprint density at radius 3 is 1.69 bits per heavy atom. The molecule has 1 saturated carbocycles. The number of fused-ring (bicyclic) bond motifs is 10. The molecule has 6 heteroatoms. The lowest BCUT2D eigenvalue weighted by atomic mass is 9.62. The summed E-state index contributed by atoms with van der Waals surface area (Å²) in [7, 11) is 0. The molecule has 4 aliphatic rings. The number of allylic oxidation sites excluding steroid dienone is 8. The van der Waals surface area contributed by atoms with Gasteiger partial charge < -0.3 is 8.83 Å². The number of nitrogens with zero attached hydrogens (tertiary/aromatic N) is 4. The lowest BCUT2D eigenvalue weighted by molar-refractivity contribution is 0.371. The number of hydrogen-bond acceptors (Lipinski definition) is 6. The van der Waals surface area contributed by atoms with Crippen molar-refractivity contribution in [1.82, 2.24) is 20.4 Å². The normalized spacial score (nSPS) is 23.4. The van der Waals surface area contributed by atoms with E-state index in [4.69, 9.17) is 8.83 Å². The van der Waals surface area contributed by atoms with Gasteiger partial charge in [-0.25, -0.2) is 0 Å². The monoisotopic (exact) mass is 720 g/mol. The minimum atomic E-state index is -0.355. The van der Waals surface area contributed by atoms with Gasteiger partial charge in [0.25, 0.3) is 0 Å².